The molecule has 1 heteroatoms. The first-order chi connectivity index (χ1) is 8.86. The quantitative estimate of drug-likeness (QED) is 0.480. The predicted molar refractivity (Wildman–Crippen MR) is 81.3 cm³/mol. The summed E-state index contributed by atoms with van der Waals surface area (Å²) in [4.78, 5) is 0. The average molecular weight is 343 g/mol. The molecular formula is C18H26Ru. The van der Waals surface area contributed by atoms with Gasteiger partial charge in [-0.2, -0.15) is 35.4 Å². The van der Waals surface area contributed by atoms with Crippen LogP contribution in [0.2, 0.25) is 0 Å². The fraction of sp³-hybridized carbons (Fsp3) is 0.444. The van der Waals surface area contributed by atoms with Gasteiger partial charge in [-0.1, -0.05) is 52.4 Å². The molecule has 0 aromatic heterocycles. The Balaban J connectivity index is 0.000000324. The number of hydrogen-bond acceptors (Lipinski definition) is 0. The Morgan fingerprint density at radius 1 is 0.632 bits per heavy atom. The van der Waals surface area contributed by atoms with Gasteiger partial charge in [-0.05, 0) is 0 Å². The fourth-order valence-electron chi connectivity index (χ4n) is 1.92. The zero-order valence-corrected chi connectivity index (χ0v) is 14.0. The van der Waals surface area contributed by atoms with Crippen molar-refractivity contribution in [2.45, 2.75) is 52.4 Å². The van der Waals surface area contributed by atoms with Gasteiger partial charge in [-0.25, -0.2) is 24.3 Å². The Kier molecular flexibility index (Phi) is 11.9. The van der Waals surface area contributed by atoms with Crippen LogP contribution in [0.4, 0.5) is 0 Å². The molecule has 0 atom stereocenters. The summed E-state index contributed by atoms with van der Waals surface area (Å²) in [6, 6.07) is 17.2. The summed E-state index contributed by atoms with van der Waals surface area (Å²) < 4.78 is 0. The zero-order chi connectivity index (χ0) is 13.1. The van der Waals surface area contributed by atoms with E-state index < -0.39 is 0 Å². The van der Waals surface area contributed by atoms with Crippen LogP contribution in [0.3, 0.4) is 0 Å². The molecule has 106 valence electrons. The fourth-order valence-corrected chi connectivity index (χ4v) is 1.92. The Hall–Kier alpha value is -0.677. The Labute approximate surface area is 131 Å². The molecule has 0 heterocycles. The number of aryl methyl sites for hydroxylation is 2. The second kappa shape index (κ2) is 12.4. The standard InChI is InChI=1S/2C9H13.Ru/c2*1-2-3-6-9-7-4-5-8-9;/h2*4-5,7-8H,2-3,6H2,1H3;/q2*-1;+2. The first-order valence-corrected chi connectivity index (χ1v) is 7.28. The van der Waals surface area contributed by atoms with E-state index in [1.807, 2.05) is 0 Å². The summed E-state index contributed by atoms with van der Waals surface area (Å²) in [5.74, 6) is 0. The van der Waals surface area contributed by atoms with Gasteiger partial charge in [0.1, 0.15) is 0 Å². The first kappa shape index (κ1) is 18.3. The van der Waals surface area contributed by atoms with Crippen LogP contribution in [0, 0.1) is 0 Å². The molecule has 2 rings (SSSR count). The maximum atomic E-state index is 2.23. The van der Waals surface area contributed by atoms with Gasteiger partial charge in [0.05, 0.1) is 0 Å². The number of unbranched alkanes of at least 4 members (excludes halogenated alkanes) is 2. The molecule has 0 bridgehead atoms. The van der Waals surface area contributed by atoms with Crippen molar-refractivity contribution in [1.82, 2.24) is 0 Å². The maximum absolute atomic E-state index is 2.23. The van der Waals surface area contributed by atoms with Crippen molar-refractivity contribution in [3.63, 3.8) is 0 Å². The normalized spacial score (nSPS) is 9.37. The third kappa shape index (κ3) is 8.95. The van der Waals surface area contributed by atoms with Crippen LogP contribution in [-0.2, 0) is 32.3 Å². The summed E-state index contributed by atoms with van der Waals surface area (Å²) in [6.07, 6.45) is 7.75. The first-order valence-electron chi connectivity index (χ1n) is 7.28. The minimum Gasteiger partial charge on any atom is -0.213 e. The molecule has 0 aliphatic heterocycles. The molecule has 0 spiro atoms. The smallest absolute Gasteiger partial charge is 0.213 e. The maximum Gasteiger partial charge on any atom is 2.00 e. The van der Waals surface area contributed by atoms with Crippen LogP contribution in [0.15, 0.2) is 48.5 Å². The van der Waals surface area contributed by atoms with E-state index in [9.17, 15) is 0 Å². The molecule has 0 saturated heterocycles. The van der Waals surface area contributed by atoms with Crippen LogP contribution >= 0.6 is 0 Å². The minimum atomic E-state index is 0. The van der Waals surface area contributed by atoms with E-state index >= 15 is 0 Å². The second-order valence-electron chi connectivity index (χ2n) is 4.79. The van der Waals surface area contributed by atoms with Crippen LogP contribution < -0.4 is 0 Å². The molecule has 19 heavy (non-hydrogen) atoms. The molecule has 0 saturated carbocycles. The van der Waals surface area contributed by atoms with Gasteiger partial charge < -0.3 is 0 Å². The van der Waals surface area contributed by atoms with Crippen molar-refractivity contribution in [2.75, 3.05) is 0 Å². The van der Waals surface area contributed by atoms with Gasteiger partial charge in [-0.15, -0.1) is 0 Å². The van der Waals surface area contributed by atoms with Crippen LogP contribution in [0.5, 0.6) is 0 Å². The number of rotatable bonds is 6. The summed E-state index contributed by atoms with van der Waals surface area (Å²) in [5.41, 5.74) is 2.97. The summed E-state index contributed by atoms with van der Waals surface area (Å²) in [5, 5.41) is 0. The third-order valence-electron chi connectivity index (χ3n) is 3.10. The topological polar surface area (TPSA) is 0 Å². The van der Waals surface area contributed by atoms with Crippen LogP contribution in [0.25, 0.3) is 0 Å². The third-order valence-corrected chi connectivity index (χ3v) is 3.10. The molecule has 0 aliphatic rings. The van der Waals surface area contributed by atoms with E-state index in [0.717, 1.165) is 0 Å². The van der Waals surface area contributed by atoms with E-state index in [0.29, 0.717) is 0 Å². The summed E-state index contributed by atoms with van der Waals surface area (Å²) in [6.45, 7) is 4.45. The molecule has 2 aromatic rings. The van der Waals surface area contributed by atoms with Crippen LogP contribution in [-0.4, -0.2) is 0 Å². The van der Waals surface area contributed by atoms with E-state index in [2.05, 4.69) is 62.4 Å². The molecule has 0 nitrogen and oxygen atoms in total. The van der Waals surface area contributed by atoms with Crippen molar-refractivity contribution >= 4 is 0 Å². The van der Waals surface area contributed by atoms with E-state index in [4.69, 9.17) is 0 Å². The van der Waals surface area contributed by atoms with Gasteiger partial charge in [0, 0.05) is 0 Å². The van der Waals surface area contributed by atoms with Gasteiger partial charge in [0.2, 0.25) is 0 Å². The van der Waals surface area contributed by atoms with E-state index in [-0.39, 0.29) is 19.5 Å². The van der Waals surface area contributed by atoms with Crippen molar-refractivity contribution in [3.05, 3.63) is 59.7 Å². The SMILES string of the molecule is CCCC[c-]1cccc1.CCCC[c-]1cccc1.[Ru+2]. The molecule has 0 aliphatic carbocycles. The molecule has 0 N–H and O–H groups in total. The second-order valence-corrected chi connectivity index (χ2v) is 4.79. The molecule has 2 aromatic carbocycles. The molecule has 0 radical (unpaired) electrons. The minimum absolute atomic E-state index is 0. The van der Waals surface area contributed by atoms with Crippen molar-refractivity contribution in [2.24, 2.45) is 0 Å². The van der Waals surface area contributed by atoms with Crippen molar-refractivity contribution in [1.29, 1.82) is 0 Å². The number of hydrogen-bond donors (Lipinski definition) is 0. The van der Waals surface area contributed by atoms with Gasteiger partial charge in [0.15, 0.2) is 0 Å². The largest absolute Gasteiger partial charge is 2.00 e. The van der Waals surface area contributed by atoms with E-state index in [1.165, 1.54) is 49.7 Å². The van der Waals surface area contributed by atoms with E-state index in [1.54, 1.807) is 0 Å². The monoisotopic (exact) mass is 344 g/mol. The van der Waals surface area contributed by atoms with Crippen molar-refractivity contribution < 1.29 is 19.5 Å². The average Bonchev–Trinajstić information content (AvgIpc) is 3.07. The Morgan fingerprint density at radius 2 is 0.947 bits per heavy atom. The molecule has 0 fully saturated rings. The van der Waals surface area contributed by atoms with Gasteiger partial charge in [-0.3, -0.25) is 0 Å². The molecule has 0 amide bonds. The van der Waals surface area contributed by atoms with Crippen molar-refractivity contribution in [3.8, 4) is 0 Å². The molecular weight excluding hydrogens is 317 g/mol. The van der Waals surface area contributed by atoms with Gasteiger partial charge >= 0.3 is 19.5 Å². The Bertz CT molecular complexity index is 318. The van der Waals surface area contributed by atoms with Gasteiger partial charge in [0.25, 0.3) is 0 Å². The zero-order valence-electron chi connectivity index (χ0n) is 12.2. The summed E-state index contributed by atoms with van der Waals surface area (Å²) in [7, 11) is 0. The van der Waals surface area contributed by atoms with Crippen LogP contribution in [0.1, 0.15) is 50.7 Å². The molecule has 0 unspecified atom stereocenters. The predicted octanol–water partition coefficient (Wildman–Crippen LogP) is 5.49. The Morgan fingerprint density at radius 3 is 1.21 bits per heavy atom. The summed E-state index contributed by atoms with van der Waals surface area (Å²) >= 11 is 0.